The summed E-state index contributed by atoms with van der Waals surface area (Å²) in [5.41, 5.74) is 1.43. The Morgan fingerprint density at radius 3 is 2.50 bits per heavy atom. The SMILES string of the molecule is C=CCN(CC=C)C(=O)CNc1cccc(C(=O)N2CCC(C)CC2)c1. The maximum Gasteiger partial charge on any atom is 0.253 e. The molecule has 0 bridgehead atoms. The highest BCUT2D eigenvalue weighted by atomic mass is 16.2. The number of piperidine rings is 1. The fraction of sp³-hybridized carbons (Fsp3) is 0.429. The van der Waals surface area contributed by atoms with Crippen molar-refractivity contribution in [3.63, 3.8) is 0 Å². The van der Waals surface area contributed by atoms with Crippen molar-refractivity contribution in [3.05, 3.63) is 55.1 Å². The van der Waals surface area contributed by atoms with Crippen molar-refractivity contribution in [3.8, 4) is 0 Å². The smallest absolute Gasteiger partial charge is 0.253 e. The summed E-state index contributed by atoms with van der Waals surface area (Å²) in [4.78, 5) is 28.5. The number of anilines is 1. The van der Waals surface area contributed by atoms with Crippen LogP contribution in [-0.4, -0.2) is 54.3 Å². The molecule has 1 aromatic rings. The molecule has 2 amide bonds. The van der Waals surface area contributed by atoms with E-state index < -0.39 is 0 Å². The molecule has 1 aromatic carbocycles. The minimum absolute atomic E-state index is 0.0356. The van der Waals surface area contributed by atoms with Crippen LogP contribution < -0.4 is 5.32 Å². The summed E-state index contributed by atoms with van der Waals surface area (Å²) in [6.07, 6.45) is 5.50. The highest BCUT2D eigenvalue weighted by Gasteiger charge is 2.21. The van der Waals surface area contributed by atoms with Crippen molar-refractivity contribution >= 4 is 17.5 Å². The molecule has 0 aromatic heterocycles. The summed E-state index contributed by atoms with van der Waals surface area (Å²) in [6.45, 7) is 12.3. The van der Waals surface area contributed by atoms with Gasteiger partial charge in [-0.2, -0.15) is 0 Å². The van der Waals surface area contributed by atoms with Crippen LogP contribution in [0.25, 0.3) is 0 Å². The summed E-state index contributed by atoms with van der Waals surface area (Å²) < 4.78 is 0. The van der Waals surface area contributed by atoms with Crippen LogP contribution in [0.4, 0.5) is 5.69 Å². The van der Waals surface area contributed by atoms with Gasteiger partial charge in [0.15, 0.2) is 0 Å². The van der Waals surface area contributed by atoms with Gasteiger partial charge in [-0.25, -0.2) is 0 Å². The molecule has 1 fully saturated rings. The van der Waals surface area contributed by atoms with E-state index in [9.17, 15) is 9.59 Å². The first-order valence-electron chi connectivity index (χ1n) is 9.18. The molecule has 140 valence electrons. The van der Waals surface area contributed by atoms with Gasteiger partial charge in [-0.15, -0.1) is 13.2 Å². The lowest BCUT2D eigenvalue weighted by molar-refractivity contribution is -0.128. The highest BCUT2D eigenvalue weighted by Crippen LogP contribution is 2.19. The molecule has 1 aliphatic heterocycles. The minimum Gasteiger partial charge on any atom is -0.376 e. The summed E-state index contributed by atoms with van der Waals surface area (Å²) in [6, 6.07) is 7.36. The van der Waals surface area contributed by atoms with Crippen LogP contribution in [0, 0.1) is 5.92 Å². The Balaban J connectivity index is 1.96. The molecular weight excluding hydrogens is 326 g/mol. The molecule has 1 N–H and O–H groups in total. The Labute approximate surface area is 156 Å². The van der Waals surface area contributed by atoms with E-state index in [-0.39, 0.29) is 18.4 Å². The van der Waals surface area contributed by atoms with Crippen molar-refractivity contribution in [1.82, 2.24) is 9.80 Å². The molecule has 5 nitrogen and oxygen atoms in total. The average Bonchev–Trinajstić information content (AvgIpc) is 2.66. The number of hydrogen-bond donors (Lipinski definition) is 1. The molecule has 1 heterocycles. The average molecular weight is 355 g/mol. The van der Waals surface area contributed by atoms with Crippen molar-refractivity contribution in [2.75, 3.05) is 38.0 Å². The highest BCUT2D eigenvalue weighted by molar-refractivity contribution is 5.95. The van der Waals surface area contributed by atoms with Crippen molar-refractivity contribution in [2.45, 2.75) is 19.8 Å². The number of benzene rings is 1. The molecule has 1 saturated heterocycles. The number of carbonyl (C=O) groups is 2. The lowest BCUT2D eigenvalue weighted by Gasteiger charge is -2.30. The Morgan fingerprint density at radius 2 is 1.88 bits per heavy atom. The third-order valence-electron chi connectivity index (χ3n) is 4.68. The molecule has 26 heavy (non-hydrogen) atoms. The first-order valence-corrected chi connectivity index (χ1v) is 9.18. The molecule has 0 radical (unpaired) electrons. The van der Waals surface area contributed by atoms with Gasteiger partial charge in [0, 0.05) is 37.4 Å². The van der Waals surface area contributed by atoms with E-state index in [1.165, 1.54) is 0 Å². The zero-order chi connectivity index (χ0) is 18.9. The maximum atomic E-state index is 12.7. The molecular formula is C21H29N3O2. The normalized spacial score (nSPS) is 14.6. The number of nitrogens with one attached hydrogen (secondary N) is 1. The van der Waals surface area contributed by atoms with Crippen molar-refractivity contribution in [2.24, 2.45) is 5.92 Å². The van der Waals surface area contributed by atoms with E-state index in [1.807, 2.05) is 29.2 Å². The van der Waals surface area contributed by atoms with Gasteiger partial charge in [0.05, 0.1) is 6.54 Å². The minimum atomic E-state index is -0.0356. The van der Waals surface area contributed by atoms with Gasteiger partial charge in [-0.05, 0) is 37.0 Å². The van der Waals surface area contributed by atoms with E-state index >= 15 is 0 Å². The van der Waals surface area contributed by atoms with Crippen LogP contribution in [-0.2, 0) is 4.79 Å². The van der Waals surface area contributed by atoms with Crippen LogP contribution in [0.15, 0.2) is 49.6 Å². The zero-order valence-electron chi connectivity index (χ0n) is 15.6. The van der Waals surface area contributed by atoms with Gasteiger partial charge in [0.25, 0.3) is 5.91 Å². The van der Waals surface area contributed by atoms with Gasteiger partial charge in [0.2, 0.25) is 5.91 Å². The number of nitrogens with zero attached hydrogens (tertiary/aromatic N) is 2. The number of hydrogen-bond acceptors (Lipinski definition) is 3. The lowest BCUT2D eigenvalue weighted by atomic mass is 9.98. The van der Waals surface area contributed by atoms with Crippen LogP contribution >= 0.6 is 0 Å². The monoisotopic (exact) mass is 355 g/mol. The first kappa shape index (κ1) is 19.8. The van der Waals surface area contributed by atoms with E-state index in [0.29, 0.717) is 24.6 Å². The Kier molecular flexibility index (Phi) is 7.45. The number of rotatable bonds is 8. The molecule has 0 aliphatic carbocycles. The predicted molar refractivity (Wildman–Crippen MR) is 106 cm³/mol. The van der Waals surface area contributed by atoms with Gasteiger partial charge in [-0.1, -0.05) is 25.1 Å². The standard InChI is InChI=1S/C21H29N3O2/c1-4-11-23(12-5-2)20(25)16-22-19-8-6-7-18(15-19)21(26)24-13-9-17(3)10-14-24/h4-8,15,17,22H,1-2,9-14,16H2,3H3. The van der Waals surface area contributed by atoms with E-state index in [1.54, 1.807) is 17.1 Å². The molecule has 5 heteroatoms. The van der Waals surface area contributed by atoms with Crippen LogP contribution in [0.3, 0.4) is 0 Å². The fourth-order valence-electron chi connectivity index (χ4n) is 3.04. The van der Waals surface area contributed by atoms with Crippen LogP contribution in [0.2, 0.25) is 0 Å². The van der Waals surface area contributed by atoms with Gasteiger partial charge >= 0.3 is 0 Å². The lowest BCUT2D eigenvalue weighted by Crippen LogP contribution is -2.38. The fourth-order valence-corrected chi connectivity index (χ4v) is 3.04. The molecule has 2 rings (SSSR count). The second-order valence-electron chi connectivity index (χ2n) is 6.79. The third-order valence-corrected chi connectivity index (χ3v) is 4.68. The van der Waals surface area contributed by atoms with E-state index in [2.05, 4.69) is 25.4 Å². The summed E-state index contributed by atoms with van der Waals surface area (Å²) in [7, 11) is 0. The summed E-state index contributed by atoms with van der Waals surface area (Å²) >= 11 is 0. The molecule has 0 saturated carbocycles. The Hall–Kier alpha value is -2.56. The predicted octanol–water partition coefficient (Wildman–Crippen LogP) is 3.17. The Morgan fingerprint density at radius 1 is 1.23 bits per heavy atom. The topological polar surface area (TPSA) is 52.7 Å². The van der Waals surface area contributed by atoms with Gasteiger partial charge in [-0.3, -0.25) is 9.59 Å². The first-order chi connectivity index (χ1) is 12.5. The van der Waals surface area contributed by atoms with Crippen LogP contribution in [0.5, 0.6) is 0 Å². The van der Waals surface area contributed by atoms with Crippen LogP contribution in [0.1, 0.15) is 30.1 Å². The second kappa shape index (κ2) is 9.80. The van der Waals surface area contributed by atoms with E-state index in [4.69, 9.17) is 0 Å². The molecule has 0 unspecified atom stereocenters. The van der Waals surface area contributed by atoms with Crippen molar-refractivity contribution in [1.29, 1.82) is 0 Å². The molecule has 0 atom stereocenters. The van der Waals surface area contributed by atoms with Crippen molar-refractivity contribution < 1.29 is 9.59 Å². The number of amides is 2. The maximum absolute atomic E-state index is 12.7. The number of likely N-dealkylation sites (tertiary alicyclic amines) is 1. The third kappa shape index (κ3) is 5.48. The summed E-state index contributed by atoms with van der Waals surface area (Å²) in [5.74, 6) is 0.713. The number of carbonyl (C=O) groups excluding carboxylic acids is 2. The summed E-state index contributed by atoms with van der Waals surface area (Å²) in [5, 5.41) is 3.12. The zero-order valence-corrected chi connectivity index (χ0v) is 15.6. The molecule has 1 aliphatic rings. The van der Waals surface area contributed by atoms with Gasteiger partial charge < -0.3 is 15.1 Å². The quantitative estimate of drug-likeness (QED) is 0.729. The molecule has 0 spiro atoms. The van der Waals surface area contributed by atoms with E-state index in [0.717, 1.165) is 31.6 Å². The largest absolute Gasteiger partial charge is 0.376 e. The Bertz CT molecular complexity index is 638. The second-order valence-corrected chi connectivity index (χ2v) is 6.79. The van der Waals surface area contributed by atoms with Gasteiger partial charge in [0.1, 0.15) is 0 Å².